The van der Waals surface area contributed by atoms with Crippen molar-refractivity contribution in [2.45, 2.75) is 18.4 Å². The molecule has 2 aromatic rings. The Balaban J connectivity index is 2.19. The molecule has 0 amide bonds. The molecule has 0 radical (unpaired) electrons. The highest BCUT2D eigenvalue weighted by Crippen LogP contribution is 2.44. The maximum absolute atomic E-state index is 14.2. The molecule has 3 N–H and O–H groups in total. The van der Waals surface area contributed by atoms with Crippen molar-refractivity contribution in [1.29, 1.82) is 0 Å². The van der Waals surface area contributed by atoms with Crippen molar-refractivity contribution in [1.82, 2.24) is 0 Å². The summed E-state index contributed by atoms with van der Waals surface area (Å²) in [7, 11) is 0. The lowest BCUT2D eigenvalue weighted by atomic mass is 9.87. The average molecular weight is 322 g/mol. The fourth-order valence-electron chi connectivity index (χ4n) is 2.78. The molecule has 0 spiro atoms. The Morgan fingerprint density at radius 1 is 1.21 bits per heavy atom. The first-order valence-corrected chi connectivity index (χ1v) is 6.87. The molecule has 0 saturated carbocycles. The molecule has 19 heavy (non-hydrogen) atoms. The number of anilines is 1. The Kier molecular flexibility index (Phi) is 2.87. The van der Waals surface area contributed by atoms with E-state index in [0.29, 0.717) is 28.6 Å². The van der Waals surface area contributed by atoms with Crippen LogP contribution in [0.3, 0.4) is 0 Å². The zero-order chi connectivity index (χ0) is 13.6. The normalized spacial score (nSPS) is 21.4. The van der Waals surface area contributed by atoms with Gasteiger partial charge in [0.05, 0.1) is 4.47 Å². The van der Waals surface area contributed by atoms with E-state index in [1.165, 1.54) is 0 Å². The van der Waals surface area contributed by atoms with Crippen molar-refractivity contribution in [3.05, 3.63) is 63.4 Å². The molecule has 2 nitrogen and oxygen atoms in total. The Morgan fingerprint density at radius 2 is 2.00 bits per heavy atom. The van der Waals surface area contributed by atoms with Crippen LogP contribution in [0.25, 0.3) is 0 Å². The number of rotatable bonds is 1. The first-order valence-electron chi connectivity index (χ1n) is 6.08. The molecule has 4 heteroatoms. The third kappa shape index (κ3) is 1.86. The summed E-state index contributed by atoms with van der Waals surface area (Å²) in [4.78, 5) is 0. The SMILES string of the molecule is Nc1ccc2c(c1)CCC2(O)c1cccc(Br)c1F. The van der Waals surface area contributed by atoms with Crippen LogP contribution in [0.15, 0.2) is 40.9 Å². The molecule has 1 aliphatic carbocycles. The molecule has 0 heterocycles. The van der Waals surface area contributed by atoms with Gasteiger partial charge in [0, 0.05) is 11.3 Å². The number of hydrogen-bond donors (Lipinski definition) is 2. The predicted molar refractivity (Wildman–Crippen MR) is 76.3 cm³/mol. The van der Waals surface area contributed by atoms with Gasteiger partial charge >= 0.3 is 0 Å². The Hall–Kier alpha value is -1.39. The van der Waals surface area contributed by atoms with Crippen LogP contribution in [-0.4, -0.2) is 5.11 Å². The van der Waals surface area contributed by atoms with Gasteiger partial charge in [-0.25, -0.2) is 4.39 Å². The van der Waals surface area contributed by atoms with Crippen LogP contribution in [0.4, 0.5) is 10.1 Å². The molecule has 98 valence electrons. The minimum Gasteiger partial charge on any atom is -0.399 e. The topological polar surface area (TPSA) is 46.2 Å². The van der Waals surface area contributed by atoms with Crippen LogP contribution in [0, 0.1) is 5.82 Å². The number of aryl methyl sites for hydroxylation is 1. The third-order valence-electron chi connectivity index (χ3n) is 3.73. The van der Waals surface area contributed by atoms with E-state index in [0.717, 1.165) is 11.1 Å². The first-order chi connectivity index (χ1) is 9.02. The second-order valence-corrected chi connectivity index (χ2v) is 5.73. The smallest absolute Gasteiger partial charge is 0.143 e. The van der Waals surface area contributed by atoms with E-state index in [4.69, 9.17) is 5.73 Å². The Bertz CT molecular complexity index is 659. The number of hydrogen-bond acceptors (Lipinski definition) is 2. The van der Waals surface area contributed by atoms with Gasteiger partial charge in [0.1, 0.15) is 11.4 Å². The molecule has 1 unspecified atom stereocenters. The lowest BCUT2D eigenvalue weighted by Gasteiger charge is -2.25. The second-order valence-electron chi connectivity index (χ2n) is 4.88. The van der Waals surface area contributed by atoms with Gasteiger partial charge in [-0.2, -0.15) is 0 Å². The fourth-order valence-corrected chi connectivity index (χ4v) is 3.14. The van der Waals surface area contributed by atoms with Gasteiger partial charge in [-0.15, -0.1) is 0 Å². The molecular weight excluding hydrogens is 309 g/mol. The molecule has 0 aliphatic heterocycles. The van der Waals surface area contributed by atoms with Crippen LogP contribution in [0.1, 0.15) is 23.1 Å². The Morgan fingerprint density at radius 3 is 2.79 bits per heavy atom. The summed E-state index contributed by atoms with van der Waals surface area (Å²) in [6.07, 6.45) is 1.17. The van der Waals surface area contributed by atoms with E-state index in [1.54, 1.807) is 30.3 Å². The van der Waals surface area contributed by atoms with Gasteiger partial charge < -0.3 is 10.8 Å². The summed E-state index contributed by atoms with van der Waals surface area (Å²) in [5, 5.41) is 10.9. The van der Waals surface area contributed by atoms with Crippen LogP contribution in [0.2, 0.25) is 0 Å². The van der Waals surface area contributed by atoms with E-state index in [9.17, 15) is 9.50 Å². The summed E-state index contributed by atoms with van der Waals surface area (Å²) >= 11 is 3.16. The molecule has 2 aromatic carbocycles. The molecule has 0 fully saturated rings. The maximum Gasteiger partial charge on any atom is 0.143 e. The van der Waals surface area contributed by atoms with Crippen LogP contribution >= 0.6 is 15.9 Å². The zero-order valence-corrected chi connectivity index (χ0v) is 11.7. The quantitative estimate of drug-likeness (QED) is 0.791. The number of halogens is 2. The number of nitrogen functional groups attached to an aromatic ring is 1. The minimum absolute atomic E-state index is 0.311. The predicted octanol–water partition coefficient (Wildman–Crippen LogP) is 3.35. The highest BCUT2D eigenvalue weighted by atomic mass is 79.9. The van der Waals surface area contributed by atoms with Crippen molar-refractivity contribution >= 4 is 21.6 Å². The number of nitrogens with two attached hydrogens (primary N) is 1. The van der Waals surface area contributed by atoms with E-state index in [-0.39, 0.29) is 0 Å². The standard InChI is InChI=1S/C15H13BrFNO/c16-13-3-1-2-12(14(13)17)15(19)7-6-9-8-10(18)4-5-11(9)15/h1-5,8,19H,6-7,18H2. The molecule has 0 bridgehead atoms. The summed E-state index contributed by atoms with van der Waals surface area (Å²) in [5.41, 5.74) is 7.19. The highest BCUT2D eigenvalue weighted by molar-refractivity contribution is 9.10. The lowest BCUT2D eigenvalue weighted by Crippen LogP contribution is -2.25. The van der Waals surface area contributed by atoms with Crippen molar-refractivity contribution in [2.75, 3.05) is 5.73 Å². The summed E-state index contributed by atoms with van der Waals surface area (Å²) in [5.74, 6) is -0.408. The summed E-state index contributed by atoms with van der Waals surface area (Å²) in [6, 6.07) is 10.4. The van der Waals surface area contributed by atoms with E-state index < -0.39 is 11.4 Å². The summed E-state index contributed by atoms with van der Waals surface area (Å²) < 4.78 is 14.6. The molecular formula is C15H13BrFNO. The highest BCUT2D eigenvalue weighted by Gasteiger charge is 2.40. The van der Waals surface area contributed by atoms with Gasteiger partial charge in [0.25, 0.3) is 0 Å². The van der Waals surface area contributed by atoms with Crippen molar-refractivity contribution < 1.29 is 9.50 Å². The maximum atomic E-state index is 14.2. The molecule has 3 rings (SSSR count). The van der Waals surface area contributed by atoms with Gasteiger partial charge in [0.2, 0.25) is 0 Å². The fraction of sp³-hybridized carbons (Fsp3) is 0.200. The van der Waals surface area contributed by atoms with Gasteiger partial charge in [-0.05, 0) is 58.1 Å². The molecule has 1 aliphatic rings. The first kappa shape index (κ1) is 12.6. The minimum atomic E-state index is -1.27. The molecule has 0 saturated heterocycles. The number of aliphatic hydroxyl groups is 1. The van der Waals surface area contributed by atoms with Crippen LogP contribution in [0.5, 0.6) is 0 Å². The van der Waals surface area contributed by atoms with Crippen molar-refractivity contribution in [2.24, 2.45) is 0 Å². The van der Waals surface area contributed by atoms with Gasteiger partial charge in [-0.1, -0.05) is 18.2 Å². The largest absolute Gasteiger partial charge is 0.399 e. The van der Waals surface area contributed by atoms with Crippen molar-refractivity contribution in [3.8, 4) is 0 Å². The lowest BCUT2D eigenvalue weighted by molar-refractivity contribution is 0.0788. The zero-order valence-electron chi connectivity index (χ0n) is 10.2. The Labute approximate surface area is 119 Å². The molecule has 0 aromatic heterocycles. The van der Waals surface area contributed by atoms with E-state index in [1.807, 2.05) is 6.07 Å². The molecule has 1 atom stereocenters. The van der Waals surface area contributed by atoms with Gasteiger partial charge in [0.15, 0.2) is 0 Å². The van der Waals surface area contributed by atoms with Gasteiger partial charge in [-0.3, -0.25) is 0 Å². The third-order valence-corrected chi connectivity index (χ3v) is 4.34. The van der Waals surface area contributed by atoms with E-state index >= 15 is 0 Å². The van der Waals surface area contributed by atoms with Crippen molar-refractivity contribution in [3.63, 3.8) is 0 Å². The van der Waals surface area contributed by atoms with E-state index in [2.05, 4.69) is 15.9 Å². The van der Waals surface area contributed by atoms with Crippen LogP contribution in [-0.2, 0) is 12.0 Å². The summed E-state index contributed by atoms with van der Waals surface area (Å²) in [6.45, 7) is 0. The number of benzene rings is 2. The monoisotopic (exact) mass is 321 g/mol. The van der Waals surface area contributed by atoms with Crippen LogP contribution < -0.4 is 5.73 Å². The average Bonchev–Trinajstić information content (AvgIpc) is 2.71. The second kappa shape index (κ2) is 4.32. The number of fused-ring (bicyclic) bond motifs is 1.